The largest absolute Gasteiger partial charge is 0.537 e. The molecule has 0 bridgehead atoms. The fraction of sp³-hybridized carbons (Fsp3) is 0.250. The van der Waals surface area contributed by atoms with Crippen LogP contribution in [0.3, 0.4) is 0 Å². The fourth-order valence-corrected chi connectivity index (χ4v) is 4.23. The summed E-state index contributed by atoms with van der Waals surface area (Å²) in [4.78, 5) is 11.5. The zero-order chi connectivity index (χ0) is 16.6. The van der Waals surface area contributed by atoms with E-state index >= 15 is 0 Å². The molecule has 0 amide bonds. The van der Waals surface area contributed by atoms with E-state index in [2.05, 4.69) is 10.2 Å². The summed E-state index contributed by atoms with van der Waals surface area (Å²) in [6, 6.07) is 3.31. The lowest BCUT2D eigenvalue weighted by Crippen LogP contribution is -2.40. The Morgan fingerprint density at radius 1 is 1.57 bits per heavy atom. The summed E-state index contributed by atoms with van der Waals surface area (Å²) in [5, 5.41) is 27.2. The van der Waals surface area contributed by atoms with Crippen LogP contribution in [-0.4, -0.2) is 45.7 Å². The van der Waals surface area contributed by atoms with E-state index < -0.39 is 13.1 Å². The van der Waals surface area contributed by atoms with Gasteiger partial charge in [-0.2, -0.15) is 0 Å². The zero-order valence-corrected chi connectivity index (χ0v) is 13.6. The number of nitrogen functional groups attached to an aromatic ring is 1. The standard InChI is InChI=1S/C12H12BN3O5S2/c1-20-6-3-2-5-4-7(22-12-16-15-11(14)23-12)13(19)21-9(5)8(6)10(17)18/h2-3,7,19H,4H2,1H3,(H2,14,15)(H,17,18)/t7-/m0/s1. The van der Waals surface area contributed by atoms with Gasteiger partial charge >= 0.3 is 13.1 Å². The highest BCUT2D eigenvalue weighted by molar-refractivity contribution is 8.02. The molecule has 0 radical (unpaired) electrons. The molecule has 0 fully saturated rings. The third kappa shape index (κ3) is 3.07. The number of carbonyl (C=O) groups is 1. The van der Waals surface area contributed by atoms with E-state index in [-0.39, 0.29) is 22.2 Å². The smallest absolute Gasteiger partial charge is 0.534 e. The van der Waals surface area contributed by atoms with Gasteiger partial charge in [0.25, 0.3) is 0 Å². The van der Waals surface area contributed by atoms with E-state index in [0.29, 0.717) is 21.5 Å². The van der Waals surface area contributed by atoms with E-state index in [9.17, 15) is 14.9 Å². The van der Waals surface area contributed by atoms with Gasteiger partial charge in [0.2, 0.25) is 5.13 Å². The van der Waals surface area contributed by atoms with Crippen molar-refractivity contribution in [1.29, 1.82) is 0 Å². The molecule has 23 heavy (non-hydrogen) atoms. The predicted octanol–water partition coefficient (Wildman–Crippen LogP) is 0.943. The second-order valence-electron chi connectivity index (χ2n) is 4.71. The molecule has 4 N–H and O–H groups in total. The van der Waals surface area contributed by atoms with Crippen LogP contribution >= 0.6 is 23.1 Å². The van der Waals surface area contributed by atoms with Crippen molar-refractivity contribution in [2.24, 2.45) is 0 Å². The van der Waals surface area contributed by atoms with Gasteiger partial charge in [-0.1, -0.05) is 29.2 Å². The van der Waals surface area contributed by atoms with E-state index in [0.717, 1.165) is 0 Å². The van der Waals surface area contributed by atoms with Crippen LogP contribution in [0.4, 0.5) is 5.13 Å². The Bertz CT molecular complexity index is 756. The number of benzene rings is 1. The van der Waals surface area contributed by atoms with Gasteiger partial charge in [-0.15, -0.1) is 10.2 Å². The van der Waals surface area contributed by atoms with Gasteiger partial charge in [-0.05, 0) is 18.1 Å². The zero-order valence-electron chi connectivity index (χ0n) is 11.9. The van der Waals surface area contributed by atoms with Gasteiger partial charge in [0.1, 0.15) is 17.1 Å². The number of rotatable bonds is 4. The Morgan fingerprint density at radius 3 is 2.96 bits per heavy atom. The first-order valence-electron chi connectivity index (χ1n) is 6.53. The number of hydrogen-bond acceptors (Lipinski definition) is 9. The number of carboxylic acids is 1. The first-order chi connectivity index (χ1) is 11.0. The van der Waals surface area contributed by atoms with Crippen LogP contribution in [0.5, 0.6) is 11.5 Å². The molecule has 0 spiro atoms. The molecule has 0 unspecified atom stereocenters. The number of fused-ring (bicyclic) bond motifs is 1. The van der Waals surface area contributed by atoms with E-state index in [1.165, 1.54) is 30.2 Å². The molecule has 1 aromatic heterocycles. The summed E-state index contributed by atoms with van der Waals surface area (Å²) in [5.41, 5.74) is 6.13. The third-order valence-electron chi connectivity index (χ3n) is 3.29. The van der Waals surface area contributed by atoms with Crippen LogP contribution < -0.4 is 15.1 Å². The number of aromatic carboxylic acids is 1. The molecule has 0 saturated heterocycles. The summed E-state index contributed by atoms with van der Waals surface area (Å²) in [6.07, 6.45) is 0.422. The molecule has 0 aliphatic carbocycles. The molecule has 8 nitrogen and oxygen atoms in total. The number of nitrogens with zero attached hydrogens (tertiary/aromatic N) is 2. The molecule has 1 aromatic carbocycles. The van der Waals surface area contributed by atoms with Crippen LogP contribution in [0.25, 0.3) is 0 Å². The highest BCUT2D eigenvalue weighted by Crippen LogP contribution is 2.40. The fourth-order valence-electron chi connectivity index (χ4n) is 2.29. The topological polar surface area (TPSA) is 128 Å². The molecule has 120 valence electrons. The molecule has 2 aromatic rings. The van der Waals surface area contributed by atoms with Gasteiger partial charge in [0, 0.05) is 0 Å². The maximum absolute atomic E-state index is 11.5. The number of carboxylic acid groups (broad SMARTS) is 1. The number of anilines is 1. The third-order valence-corrected chi connectivity index (χ3v) is 5.36. The van der Waals surface area contributed by atoms with Crippen LogP contribution in [-0.2, 0) is 6.42 Å². The van der Waals surface area contributed by atoms with Crippen LogP contribution in [0.1, 0.15) is 15.9 Å². The molecule has 0 saturated carbocycles. The van der Waals surface area contributed by atoms with Crippen molar-refractivity contribution in [2.75, 3.05) is 12.8 Å². The molecule has 11 heteroatoms. The summed E-state index contributed by atoms with van der Waals surface area (Å²) in [5.74, 6) is -0.849. The Labute approximate surface area is 139 Å². The van der Waals surface area contributed by atoms with Crippen molar-refractivity contribution in [3.63, 3.8) is 0 Å². The van der Waals surface area contributed by atoms with Gasteiger partial charge in [-0.3, -0.25) is 0 Å². The minimum absolute atomic E-state index is 0.0901. The van der Waals surface area contributed by atoms with Gasteiger partial charge in [0.05, 0.1) is 12.3 Å². The van der Waals surface area contributed by atoms with Crippen molar-refractivity contribution in [3.8, 4) is 11.5 Å². The summed E-state index contributed by atoms with van der Waals surface area (Å²) in [6.45, 7) is 0. The molecule has 2 heterocycles. The summed E-state index contributed by atoms with van der Waals surface area (Å²) in [7, 11) is 0.203. The molecule has 1 aliphatic rings. The van der Waals surface area contributed by atoms with E-state index in [1.807, 2.05) is 0 Å². The Kier molecular flexibility index (Phi) is 4.33. The average Bonchev–Trinajstić information content (AvgIpc) is 2.92. The Hall–Kier alpha value is -1.98. The van der Waals surface area contributed by atoms with E-state index in [4.69, 9.17) is 15.1 Å². The monoisotopic (exact) mass is 353 g/mol. The molecular formula is C12H12BN3O5S2. The maximum Gasteiger partial charge on any atom is 0.537 e. The molecule has 3 rings (SSSR count). The lowest BCUT2D eigenvalue weighted by atomic mass is 9.77. The summed E-state index contributed by atoms with van der Waals surface area (Å²) < 4.78 is 11.1. The molecular weight excluding hydrogens is 341 g/mol. The number of methoxy groups -OCH3 is 1. The van der Waals surface area contributed by atoms with Gasteiger partial charge in [0.15, 0.2) is 4.34 Å². The number of aromatic nitrogens is 2. The first-order valence-corrected chi connectivity index (χ1v) is 8.22. The van der Waals surface area contributed by atoms with Crippen molar-refractivity contribution in [1.82, 2.24) is 10.2 Å². The number of thioether (sulfide) groups is 1. The minimum atomic E-state index is -1.18. The number of nitrogens with two attached hydrogens (primary N) is 1. The highest BCUT2D eigenvalue weighted by atomic mass is 32.2. The van der Waals surface area contributed by atoms with E-state index in [1.54, 1.807) is 12.1 Å². The Morgan fingerprint density at radius 2 is 2.35 bits per heavy atom. The van der Waals surface area contributed by atoms with Crippen molar-refractivity contribution < 1.29 is 24.3 Å². The Balaban J connectivity index is 1.91. The van der Waals surface area contributed by atoms with Gasteiger partial charge in [-0.25, -0.2) is 4.79 Å². The van der Waals surface area contributed by atoms with Crippen LogP contribution in [0, 0.1) is 0 Å². The SMILES string of the molecule is COc1ccc2c(c1C(=O)O)OB(O)[C@@H](Sc1nnc(N)s1)C2. The van der Waals surface area contributed by atoms with Gasteiger partial charge < -0.3 is 25.3 Å². The predicted molar refractivity (Wildman–Crippen MR) is 86.2 cm³/mol. The normalized spacial score (nSPS) is 16.6. The highest BCUT2D eigenvalue weighted by Gasteiger charge is 2.39. The first kappa shape index (κ1) is 15.9. The molecule has 1 aliphatic heterocycles. The average molecular weight is 353 g/mol. The van der Waals surface area contributed by atoms with Crippen molar-refractivity contribution >= 4 is 41.3 Å². The second kappa shape index (κ2) is 6.26. The van der Waals surface area contributed by atoms with Crippen molar-refractivity contribution in [2.45, 2.75) is 15.9 Å². The number of hydrogen-bond donors (Lipinski definition) is 3. The van der Waals surface area contributed by atoms with Crippen LogP contribution in [0.2, 0.25) is 0 Å². The summed E-state index contributed by atoms with van der Waals surface area (Å²) >= 11 is 2.51. The lowest BCUT2D eigenvalue weighted by Gasteiger charge is -2.27. The maximum atomic E-state index is 11.5. The second-order valence-corrected chi connectivity index (χ2v) is 7.21. The van der Waals surface area contributed by atoms with Crippen LogP contribution in [0.15, 0.2) is 16.5 Å². The number of ether oxygens (including phenoxy) is 1. The quantitative estimate of drug-likeness (QED) is 0.688. The lowest BCUT2D eigenvalue weighted by molar-refractivity contribution is 0.0690. The molecule has 1 atom stereocenters. The minimum Gasteiger partial charge on any atom is -0.534 e. The van der Waals surface area contributed by atoms with Crippen molar-refractivity contribution in [3.05, 3.63) is 23.3 Å².